The number of para-hydroxylation sites is 1. The van der Waals surface area contributed by atoms with E-state index in [4.69, 9.17) is 9.47 Å². The van der Waals surface area contributed by atoms with Crippen LogP contribution in [0, 0.1) is 0 Å². The Morgan fingerprint density at radius 1 is 1.07 bits per heavy atom. The first-order chi connectivity index (χ1) is 13.7. The topological polar surface area (TPSA) is 63.7 Å². The highest BCUT2D eigenvalue weighted by Crippen LogP contribution is 2.26. The molecule has 3 aromatic rings. The van der Waals surface area contributed by atoms with Gasteiger partial charge in [0.15, 0.2) is 0 Å². The summed E-state index contributed by atoms with van der Waals surface area (Å²) in [6, 6.07) is 17.2. The molecular formula is C22H23N3O3. The Balaban J connectivity index is 1.33. The molecule has 1 aliphatic rings. The van der Waals surface area contributed by atoms with Crippen molar-refractivity contribution in [2.75, 3.05) is 25.5 Å². The molecule has 1 fully saturated rings. The minimum Gasteiger partial charge on any atom is -0.497 e. The molecule has 0 spiro atoms. The summed E-state index contributed by atoms with van der Waals surface area (Å²) in [5, 5.41) is 4.00. The number of nitrogens with one attached hydrogen (secondary N) is 1. The summed E-state index contributed by atoms with van der Waals surface area (Å²) in [6.07, 6.45) is 3.44. The number of urea groups is 1. The van der Waals surface area contributed by atoms with Gasteiger partial charge in [0.05, 0.1) is 7.11 Å². The SMILES string of the molecule is COc1ccc(NC(=O)N2CCC(Oc3cccc4cccnc34)CC2)cc1. The molecule has 1 aliphatic heterocycles. The van der Waals surface area contributed by atoms with Crippen molar-refractivity contribution in [3.63, 3.8) is 0 Å². The van der Waals surface area contributed by atoms with Crippen LogP contribution < -0.4 is 14.8 Å². The molecule has 1 N–H and O–H groups in total. The maximum absolute atomic E-state index is 12.5. The Morgan fingerprint density at radius 3 is 2.57 bits per heavy atom. The van der Waals surface area contributed by atoms with Crippen LogP contribution in [0.2, 0.25) is 0 Å². The summed E-state index contributed by atoms with van der Waals surface area (Å²) in [4.78, 5) is 18.8. The van der Waals surface area contributed by atoms with Crippen molar-refractivity contribution in [2.45, 2.75) is 18.9 Å². The van der Waals surface area contributed by atoms with Crippen molar-refractivity contribution >= 4 is 22.6 Å². The van der Waals surface area contributed by atoms with Crippen LogP contribution in [0.25, 0.3) is 10.9 Å². The number of anilines is 1. The van der Waals surface area contributed by atoms with E-state index < -0.39 is 0 Å². The number of amides is 2. The van der Waals surface area contributed by atoms with Crippen LogP contribution in [0.15, 0.2) is 60.8 Å². The fraction of sp³-hybridized carbons (Fsp3) is 0.273. The third kappa shape index (κ3) is 4.01. The number of piperidine rings is 1. The maximum atomic E-state index is 12.5. The summed E-state index contributed by atoms with van der Waals surface area (Å²) in [6.45, 7) is 1.32. The smallest absolute Gasteiger partial charge is 0.321 e. The predicted octanol–water partition coefficient (Wildman–Crippen LogP) is 4.32. The van der Waals surface area contributed by atoms with Gasteiger partial charge in [-0.05, 0) is 36.4 Å². The van der Waals surface area contributed by atoms with Gasteiger partial charge >= 0.3 is 6.03 Å². The molecule has 1 aromatic heterocycles. The van der Waals surface area contributed by atoms with Crippen LogP contribution in [-0.2, 0) is 0 Å². The fourth-order valence-corrected chi connectivity index (χ4v) is 3.40. The van der Waals surface area contributed by atoms with Gasteiger partial charge in [-0.2, -0.15) is 0 Å². The van der Waals surface area contributed by atoms with E-state index in [9.17, 15) is 4.79 Å². The van der Waals surface area contributed by atoms with Crippen molar-refractivity contribution in [1.29, 1.82) is 0 Å². The van der Waals surface area contributed by atoms with Gasteiger partial charge in [0.1, 0.15) is 23.1 Å². The second-order valence-corrected chi connectivity index (χ2v) is 6.79. The Hall–Kier alpha value is -3.28. The van der Waals surface area contributed by atoms with E-state index in [1.54, 1.807) is 13.3 Å². The summed E-state index contributed by atoms with van der Waals surface area (Å²) in [5.41, 5.74) is 1.63. The number of ether oxygens (including phenoxy) is 2. The fourth-order valence-electron chi connectivity index (χ4n) is 3.40. The van der Waals surface area contributed by atoms with E-state index in [0.717, 1.165) is 40.9 Å². The zero-order chi connectivity index (χ0) is 19.3. The van der Waals surface area contributed by atoms with Gasteiger partial charge in [-0.25, -0.2) is 4.79 Å². The van der Waals surface area contributed by atoms with E-state index in [-0.39, 0.29) is 12.1 Å². The van der Waals surface area contributed by atoms with Gasteiger partial charge in [0.25, 0.3) is 0 Å². The largest absolute Gasteiger partial charge is 0.497 e. The van der Waals surface area contributed by atoms with Crippen LogP contribution in [0.1, 0.15) is 12.8 Å². The first kappa shape index (κ1) is 18.1. The minimum atomic E-state index is -0.0876. The van der Waals surface area contributed by atoms with E-state index in [1.807, 2.05) is 59.5 Å². The third-order valence-corrected chi connectivity index (χ3v) is 4.96. The number of carbonyl (C=O) groups excluding carboxylic acids is 1. The van der Waals surface area contributed by atoms with Gasteiger partial charge in [0, 0.05) is 43.2 Å². The Morgan fingerprint density at radius 2 is 1.82 bits per heavy atom. The van der Waals surface area contributed by atoms with Crippen molar-refractivity contribution in [3.05, 3.63) is 60.8 Å². The van der Waals surface area contributed by atoms with Crippen molar-refractivity contribution < 1.29 is 14.3 Å². The predicted molar refractivity (Wildman–Crippen MR) is 109 cm³/mol. The monoisotopic (exact) mass is 377 g/mol. The zero-order valence-corrected chi connectivity index (χ0v) is 15.8. The second kappa shape index (κ2) is 8.17. The molecule has 1 saturated heterocycles. The number of likely N-dealkylation sites (tertiary alicyclic amines) is 1. The number of fused-ring (bicyclic) bond motifs is 1. The molecule has 0 unspecified atom stereocenters. The standard InChI is InChI=1S/C22H23N3O3/c1-27-18-9-7-17(8-10-18)24-22(26)25-14-11-19(12-15-25)28-20-6-2-4-16-5-3-13-23-21(16)20/h2-10,13,19H,11-12,14-15H2,1H3,(H,24,26). The number of hydrogen-bond donors (Lipinski definition) is 1. The van der Waals surface area contributed by atoms with Gasteiger partial charge in [-0.3, -0.25) is 4.98 Å². The molecule has 2 amide bonds. The third-order valence-electron chi connectivity index (χ3n) is 4.96. The average molecular weight is 377 g/mol. The molecule has 6 heteroatoms. The Kier molecular flexibility index (Phi) is 5.28. The molecule has 2 aromatic carbocycles. The van der Waals surface area contributed by atoms with Gasteiger partial charge < -0.3 is 19.7 Å². The number of hydrogen-bond acceptors (Lipinski definition) is 4. The summed E-state index contributed by atoms with van der Waals surface area (Å²) in [7, 11) is 1.62. The Labute approximate surface area is 164 Å². The number of carbonyl (C=O) groups is 1. The Bertz CT molecular complexity index is 945. The summed E-state index contributed by atoms with van der Waals surface area (Å²) in [5.74, 6) is 1.57. The van der Waals surface area contributed by atoms with Crippen LogP contribution in [0.3, 0.4) is 0 Å². The lowest BCUT2D eigenvalue weighted by atomic mass is 10.1. The first-order valence-corrected chi connectivity index (χ1v) is 9.43. The maximum Gasteiger partial charge on any atom is 0.321 e. The molecule has 0 saturated carbocycles. The number of rotatable bonds is 4. The molecule has 0 aliphatic carbocycles. The van der Waals surface area contributed by atoms with Crippen LogP contribution in [0.4, 0.5) is 10.5 Å². The first-order valence-electron chi connectivity index (χ1n) is 9.43. The molecular weight excluding hydrogens is 354 g/mol. The van der Waals surface area contributed by atoms with Crippen molar-refractivity contribution in [3.8, 4) is 11.5 Å². The number of methoxy groups -OCH3 is 1. The van der Waals surface area contributed by atoms with Gasteiger partial charge in [0.2, 0.25) is 0 Å². The van der Waals surface area contributed by atoms with E-state index >= 15 is 0 Å². The second-order valence-electron chi connectivity index (χ2n) is 6.79. The summed E-state index contributed by atoms with van der Waals surface area (Å²) < 4.78 is 11.3. The lowest BCUT2D eigenvalue weighted by Gasteiger charge is -2.32. The molecule has 28 heavy (non-hydrogen) atoms. The normalized spacial score (nSPS) is 14.7. The highest BCUT2D eigenvalue weighted by Gasteiger charge is 2.24. The van der Waals surface area contributed by atoms with Gasteiger partial charge in [-0.15, -0.1) is 0 Å². The summed E-state index contributed by atoms with van der Waals surface area (Å²) >= 11 is 0. The van der Waals surface area contributed by atoms with Crippen molar-refractivity contribution in [1.82, 2.24) is 9.88 Å². The van der Waals surface area contributed by atoms with E-state index in [2.05, 4.69) is 10.3 Å². The molecule has 2 heterocycles. The molecule has 0 bridgehead atoms. The number of nitrogens with zero attached hydrogens (tertiary/aromatic N) is 2. The highest BCUT2D eigenvalue weighted by molar-refractivity contribution is 5.89. The molecule has 0 atom stereocenters. The van der Waals surface area contributed by atoms with Gasteiger partial charge in [-0.1, -0.05) is 18.2 Å². The van der Waals surface area contributed by atoms with Crippen LogP contribution in [0.5, 0.6) is 11.5 Å². The number of pyridine rings is 1. The van der Waals surface area contributed by atoms with Crippen LogP contribution >= 0.6 is 0 Å². The number of benzene rings is 2. The molecule has 144 valence electrons. The zero-order valence-electron chi connectivity index (χ0n) is 15.8. The number of aromatic nitrogens is 1. The molecule has 6 nitrogen and oxygen atoms in total. The molecule has 4 rings (SSSR count). The van der Waals surface area contributed by atoms with Crippen LogP contribution in [-0.4, -0.2) is 42.2 Å². The van der Waals surface area contributed by atoms with E-state index in [0.29, 0.717) is 13.1 Å². The lowest BCUT2D eigenvalue weighted by Crippen LogP contribution is -2.43. The van der Waals surface area contributed by atoms with Crippen molar-refractivity contribution in [2.24, 2.45) is 0 Å². The lowest BCUT2D eigenvalue weighted by molar-refractivity contribution is 0.116. The highest BCUT2D eigenvalue weighted by atomic mass is 16.5. The molecule has 0 radical (unpaired) electrons. The quantitative estimate of drug-likeness (QED) is 0.735. The minimum absolute atomic E-state index is 0.0812. The average Bonchev–Trinajstić information content (AvgIpc) is 2.75. The van der Waals surface area contributed by atoms with E-state index in [1.165, 1.54) is 0 Å².